The van der Waals surface area contributed by atoms with E-state index in [0.29, 0.717) is 12.2 Å². The topological polar surface area (TPSA) is 43.8 Å². The van der Waals surface area contributed by atoms with Crippen molar-refractivity contribution in [3.63, 3.8) is 0 Å². The number of aliphatic hydroxyl groups excluding tert-OH is 1. The van der Waals surface area contributed by atoms with Gasteiger partial charge in [0.15, 0.2) is 0 Å². The van der Waals surface area contributed by atoms with Crippen LogP contribution in [-0.2, 0) is 4.79 Å². The van der Waals surface area contributed by atoms with Gasteiger partial charge in [-0.1, -0.05) is 6.07 Å². The number of rotatable bonds is 2. The van der Waals surface area contributed by atoms with Crippen LogP contribution in [-0.4, -0.2) is 48.2 Å². The Bertz CT molecular complexity index is 452. The Hall–Kier alpha value is -1.46. The van der Waals surface area contributed by atoms with Gasteiger partial charge < -0.3 is 10.0 Å². The van der Waals surface area contributed by atoms with Crippen molar-refractivity contribution in [3.8, 4) is 0 Å². The summed E-state index contributed by atoms with van der Waals surface area (Å²) in [5.74, 6) is -0.559. The second-order valence-electron chi connectivity index (χ2n) is 4.64. The third-order valence-corrected chi connectivity index (χ3v) is 3.48. The highest BCUT2D eigenvalue weighted by Gasteiger charge is 2.36. The summed E-state index contributed by atoms with van der Waals surface area (Å²) in [6, 6.07) is 5.52. The molecule has 0 spiro atoms. The zero-order chi connectivity index (χ0) is 13.3. The van der Waals surface area contributed by atoms with Crippen LogP contribution in [0.3, 0.4) is 0 Å². The number of likely N-dealkylation sites (N-methyl/N-ethyl adjacent to an activating group) is 1. The summed E-state index contributed by atoms with van der Waals surface area (Å²) in [6.45, 7) is 2.24. The van der Waals surface area contributed by atoms with Gasteiger partial charge in [-0.2, -0.15) is 0 Å². The van der Waals surface area contributed by atoms with E-state index in [4.69, 9.17) is 0 Å². The number of carbonyl (C=O) groups excluding carboxylic acids is 1. The molecule has 4 nitrogen and oxygen atoms in total. The molecule has 0 aliphatic carbocycles. The maximum absolute atomic E-state index is 13.2. The van der Waals surface area contributed by atoms with Crippen LogP contribution in [0.2, 0.25) is 0 Å². The molecule has 18 heavy (non-hydrogen) atoms. The number of hydrogen-bond acceptors (Lipinski definition) is 3. The highest BCUT2D eigenvalue weighted by atomic mass is 19.1. The van der Waals surface area contributed by atoms with Crippen molar-refractivity contribution in [2.75, 3.05) is 25.1 Å². The molecule has 1 amide bonds. The molecule has 98 valence electrons. The molecular formula is C13H17FN2O2. The Morgan fingerprint density at radius 1 is 1.50 bits per heavy atom. The minimum Gasteiger partial charge on any atom is -0.394 e. The molecule has 0 aromatic heterocycles. The first-order valence-corrected chi connectivity index (χ1v) is 5.94. The van der Waals surface area contributed by atoms with E-state index in [9.17, 15) is 14.3 Å². The number of piperazine rings is 1. The smallest absolute Gasteiger partial charge is 0.246 e. The Labute approximate surface area is 106 Å². The number of anilines is 1. The van der Waals surface area contributed by atoms with E-state index < -0.39 is 6.04 Å². The van der Waals surface area contributed by atoms with Gasteiger partial charge >= 0.3 is 0 Å². The van der Waals surface area contributed by atoms with Crippen molar-refractivity contribution in [3.05, 3.63) is 30.1 Å². The van der Waals surface area contributed by atoms with Gasteiger partial charge in [-0.15, -0.1) is 0 Å². The highest BCUT2D eigenvalue weighted by molar-refractivity contribution is 5.98. The predicted octanol–water partition coefficient (Wildman–Crippen LogP) is 0.853. The average molecular weight is 252 g/mol. The molecule has 1 fully saturated rings. The van der Waals surface area contributed by atoms with Gasteiger partial charge in [0.05, 0.1) is 6.61 Å². The van der Waals surface area contributed by atoms with Crippen LogP contribution >= 0.6 is 0 Å². The number of hydrogen-bond donors (Lipinski definition) is 1. The molecule has 1 aromatic carbocycles. The first-order valence-electron chi connectivity index (χ1n) is 5.94. The van der Waals surface area contributed by atoms with Gasteiger partial charge in [-0.05, 0) is 32.2 Å². The lowest BCUT2D eigenvalue weighted by Crippen LogP contribution is -2.61. The Morgan fingerprint density at radius 3 is 2.83 bits per heavy atom. The van der Waals surface area contributed by atoms with Crippen LogP contribution in [0.25, 0.3) is 0 Å². The van der Waals surface area contributed by atoms with Crippen LogP contribution in [0.4, 0.5) is 10.1 Å². The summed E-state index contributed by atoms with van der Waals surface area (Å²) in [5.41, 5.74) is 0.540. The number of aliphatic hydroxyl groups is 1. The Morgan fingerprint density at radius 2 is 2.22 bits per heavy atom. The predicted molar refractivity (Wildman–Crippen MR) is 66.9 cm³/mol. The normalized spacial score (nSPS) is 25.6. The first-order chi connectivity index (χ1) is 8.54. The van der Waals surface area contributed by atoms with Crippen LogP contribution in [0.15, 0.2) is 24.3 Å². The third-order valence-electron chi connectivity index (χ3n) is 3.48. The van der Waals surface area contributed by atoms with Gasteiger partial charge in [0, 0.05) is 18.3 Å². The summed E-state index contributed by atoms with van der Waals surface area (Å²) in [4.78, 5) is 15.6. The number of benzene rings is 1. The van der Waals surface area contributed by atoms with E-state index in [1.807, 2.05) is 18.9 Å². The van der Waals surface area contributed by atoms with Gasteiger partial charge in [0.1, 0.15) is 11.9 Å². The van der Waals surface area contributed by atoms with E-state index in [2.05, 4.69) is 0 Å². The lowest BCUT2D eigenvalue weighted by molar-refractivity contribution is -0.128. The lowest BCUT2D eigenvalue weighted by Gasteiger charge is -2.42. The van der Waals surface area contributed by atoms with Crippen molar-refractivity contribution < 1.29 is 14.3 Å². The molecule has 0 saturated carbocycles. The Kier molecular flexibility index (Phi) is 3.63. The minimum atomic E-state index is -0.558. The summed E-state index contributed by atoms with van der Waals surface area (Å²) in [6.07, 6.45) is 0. The maximum atomic E-state index is 13.2. The van der Waals surface area contributed by atoms with E-state index in [1.165, 1.54) is 17.0 Å². The summed E-state index contributed by atoms with van der Waals surface area (Å²) < 4.78 is 13.2. The zero-order valence-corrected chi connectivity index (χ0v) is 10.5. The number of amides is 1. The third kappa shape index (κ3) is 2.23. The molecule has 0 radical (unpaired) electrons. The molecule has 2 rings (SSSR count). The van der Waals surface area contributed by atoms with E-state index >= 15 is 0 Å². The fraction of sp³-hybridized carbons (Fsp3) is 0.462. The molecule has 2 atom stereocenters. The maximum Gasteiger partial charge on any atom is 0.246 e. The van der Waals surface area contributed by atoms with Crippen LogP contribution in [0.1, 0.15) is 6.92 Å². The van der Waals surface area contributed by atoms with Gasteiger partial charge in [-0.3, -0.25) is 9.69 Å². The molecule has 5 heteroatoms. The molecule has 0 bridgehead atoms. The molecule has 1 aliphatic heterocycles. The zero-order valence-electron chi connectivity index (χ0n) is 10.5. The van der Waals surface area contributed by atoms with Crippen LogP contribution in [0.5, 0.6) is 0 Å². The largest absolute Gasteiger partial charge is 0.394 e. The summed E-state index contributed by atoms with van der Waals surface area (Å²) in [7, 11) is 1.81. The molecule has 2 unspecified atom stereocenters. The van der Waals surface area contributed by atoms with E-state index in [-0.39, 0.29) is 24.4 Å². The molecule has 1 aliphatic rings. The van der Waals surface area contributed by atoms with Crippen molar-refractivity contribution in [2.24, 2.45) is 0 Å². The van der Waals surface area contributed by atoms with Crippen molar-refractivity contribution in [1.29, 1.82) is 0 Å². The highest BCUT2D eigenvalue weighted by Crippen LogP contribution is 2.23. The average Bonchev–Trinajstić information content (AvgIpc) is 2.34. The minimum absolute atomic E-state index is 0.114. The fourth-order valence-corrected chi connectivity index (χ4v) is 2.23. The lowest BCUT2D eigenvalue weighted by atomic mass is 10.1. The first kappa shape index (κ1) is 13.0. The second-order valence-corrected chi connectivity index (χ2v) is 4.64. The fourth-order valence-electron chi connectivity index (χ4n) is 2.23. The summed E-state index contributed by atoms with van der Waals surface area (Å²) in [5, 5.41) is 9.31. The standard InChI is InChI=1S/C13H17FN2O2/c1-9-7-16(11-5-3-4-10(14)6-11)13(18)12(8-17)15(9)2/h3-6,9,12,17H,7-8H2,1-2H3. The molecule has 1 aromatic rings. The van der Waals surface area contributed by atoms with Crippen molar-refractivity contribution >= 4 is 11.6 Å². The number of nitrogens with zero attached hydrogens (tertiary/aromatic N) is 2. The van der Waals surface area contributed by atoms with Crippen LogP contribution < -0.4 is 4.90 Å². The van der Waals surface area contributed by atoms with Gasteiger partial charge in [0.25, 0.3) is 0 Å². The number of halogens is 1. The number of carbonyl (C=O) groups is 1. The van der Waals surface area contributed by atoms with Crippen molar-refractivity contribution in [1.82, 2.24) is 4.90 Å². The van der Waals surface area contributed by atoms with Gasteiger partial charge in [-0.25, -0.2) is 4.39 Å². The molecule has 1 saturated heterocycles. The SMILES string of the molecule is CC1CN(c2cccc(F)c2)C(=O)C(CO)N1C. The van der Waals surface area contributed by atoms with Crippen LogP contribution in [0, 0.1) is 5.82 Å². The quantitative estimate of drug-likeness (QED) is 0.848. The summed E-state index contributed by atoms with van der Waals surface area (Å²) >= 11 is 0. The van der Waals surface area contributed by atoms with E-state index in [0.717, 1.165) is 0 Å². The second kappa shape index (κ2) is 5.04. The van der Waals surface area contributed by atoms with Crippen molar-refractivity contribution in [2.45, 2.75) is 19.0 Å². The monoisotopic (exact) mass is 252 g/mol. The molecule has 1 N–H and O–H groups in total. The van der Waals surface area contributed by atoms with E-state index in [1.54, 1.807) is 12.1 Å². The Balaban J connectivity index is 2.31. The molecule has 1 heterocycles. The molecular weight excluding hydrogens is 235 g/mol. The van der Waals surface area contributed by atoms with Gasteiger partial charge in [0.2, 0.25) is 5.91 Å².